The van der Waals surface area contributed by atoms with Crippen molar-refractivity contribution in [1.82, 2.24) is 4.90 Å². The summed E-state index contributed by atoms with van der Waals surface area (Å²) < 4.78 is 43.8. The van der Waals surface area contributed by atoms with Crippen LogP contribution >= 0.6 is 10.7 Å². The zero-order valence-corrected chi connectivity index (χ0v) is 11.5. The summed E-state index contributed by atoms with van der Waals surface area (Å²) in [5, 5.41) is 0. The lowest BCUT2D eigenvalue weighted by Crippen LogP contribution is -2.33. The molecule has 1 atom stereocenters. The maximum atomic E-state index is 11.2. The summed E-state index contributed by atoms with van der Waals surface area (Å²) in [5.74, 6) is 0.339. The van der Waals surface area contributed by atoms with Crippen LogP contribution in [0.25, 0.3) is 0 Å². The third kappa shape index (κ3) is 4.99. The van der Waals surface area contributed by atoms with E-state index in [2.05, 4.69) is 0 Å². The highest BCUT2D eigenvalue weighted by molar-refractivity contribution is 8.13. The van der Waals surface area contributed by atoms with Crippen molar-refractivity contribution in [3.05, 3.63) is 0 Å². The highest BCUT2D eigenvalue weighted by Gasteiger charge is 2.30. The van der Waals surface area contributed by atoms with Gasteiger partial charge in [-0.3, -0.25) is 0 Å². The zero-order chi connectivity index (χ0) is 12.4. The topological polar surface area (TPSA) is 71.5 Å². The van der Waals surface area contributed by atoms with Gasteiger partial charge in [0.15, 0.2) is 9.84 Å². The molecule has 0 aromatic rings. The average Bonchev–Trinajstić information content (AvgIpc) is 2.43. The number of rotatable bonds is 5. The fourth-order valence-electron chi connectivity index (χ4n) is 1.79. The third-order valence-corrected chi connectivity index (χ3v) is 5.72. The Morgan fingerprint density at radius 2 is 2.06 bits per heavy atom. The van der Waals surface area contributed by atoms with E-state index < -0.39 is 18.9 Å². The molecule has 1 heterocycles. The molecule has 8 heteroatoms. The van der Waals surface area contributed by atoms with Gasteiger partial charge in [-0.2, -0.15) is 0 Å². The summed E-state index contributed by atoms with van der Waals surface area (Å²) in [4.78, 5) is 1.90. The maximum Gasteiger partial charge on any atom is 0.232 e. The minimum absolute atomic E-state index is 0.0167. The number of hydrogen-bond donors (Lipinski definition) is 0. The van der Waals surface area contributed by atoms with Crippen molar-refractivity contribution in [3.63, 3.8) is 0 Å². The number of sulfone groups is 1. The van der Waals surface area contributed by atoms with Crippen molar-refractivity contribution in [2.24, 2.45) is 0 Å². The normalized spacial score (nSPS) is 25.1. The van der Waals surface area contributed by atoms with Gasteiger partial charge in [-0.25, -0.2) is 16.8 Å². The highest BCUT2D eigenvalue weighted by atomic mass is 35.7. The molecule has 0 aromatic heterocycles. The Balaban J connectivity index is 2.34. The molecule has 1 saturated heterocycles. The van der Waals surface area contributed by atoms with Gasteiger partial charge in [0.25, 0.3) is 0 Å². The molecule has 0 aliphatic carbocycles. The van der Waals surface area contributed by atoms with Gasteiger partial charge >= 0.3 is 0 Å². The fourth-order valence-corrected chi connectivity index (χ4v) is 4.40. The first kappa shape index (κ1) is 14.2. The summed E-state index contributed by atoms with van der Waals surface area (Å²) >= 11 is 0. The first-order valence-corrected chi connectivity index (χ1v) is 9.32. The largest absolute Gasteiger partial charge is 0.302 e. The second-order valence-electron chi connectivity index (χ2n) is 4.13. The zero-order valence-electron chi connectivity index (χ0n) is 9.09. The van der Waals surface area contributed by atoms with Crippen molar-refractivity contribution >= 4 is 29.6 Å². The summed E-state index contributed by atoms with van der Waals surface area (Å²) in [7, 11) is 0.573. The van der Waals surface area contributed by atoms with E-state index in [4.69, 9.17) is 10.7 Å². The predicted octanol–water partition coefficient (Wildman–Crippen LogP) is 0.0640. The van der Waals surface area contributed by atoms with Crippen molar-refractivity contribution < 1.29 is 16.8 Å². The number of hydrogen-bond acceptors (Lipinski definition) is 5. The lowest BCUT2D eigenvalue weighted by atomic mass is 10.2. The fraction of sp³-hybridized carbons (Fsp3) is 1.00. The Labute approximate surface area is 101 Å². The molecular weight excluding hydrogens is 274 g/mol. The average molecular weight is 290 g/mol. The van der Waals surface area contributed by atoms with Crippen molar-refractivity contribution in [1.29, 1.82) is 0 Å². The summed E-state index contributed by atoms with van der Waals surface area (Å²) in [6, 6.07) is 0.0167. The molecule has 0 spiro atoms. The van der Waals surface area contributed by atoms with Crippen LogP contribution in [-0.2, 0) is 18.9 Å². The van der Waals surface area contributed by atoms with Crippen LogP contribution in [0.3, 0.4) is 0 Å². The number of nitrogens with zero attached hydrogens (tertiary/aromatic N) is 1. The molecule has 96 valence electrons. The first-order chi connectivity index (χ1) is 7.20. The van der Waals surface area contributed by atoms with E-state index in [1.807, 2.05) is 11.9 Å². The number of halogens is 1. The molecule has 0 N–H and O–H groups in total. The molecule has 0 saturated carbocycles. The monoisotopic (exact) mass is 289 g/mol. The van der Waals surface area contributed by atoms with Gasteiger partial charge in [0.2, 0.25) is 9.05 Å². The van der Waals surface area contributed by atoms with E-state index in [0.717, 1.165) is 0 Å². The van der Waals surface area contributed by atoms with Crippen LogP contribution in [0, 0.1) is 0 Å². The Kier molecular flexibility index (Phi) is 4.62. The molecule has 16 heavy (non-hydrogen) atoms. The lowest BCUT2D eigenvalue weighted by Gasteiger charge is -2.22. The van der Waals surface area contributed by atoms with E-state index >= 15 is 0 Å². The van der Waals surface area contributed by atoms with E-state index in [9.17, 15) is 16.8 Å². The van der Waals surface area contributed by atoms with Gasteiger partial charge in [-0.15, -0.1) is 0 Å². The predicted molar refractivity (Wildman–Crippen MR) is 63.9 cm³/mol. The van der Waals surface area contributed by atoms with Crippen LogP contribution in [0.1, 0.15) is 12.8 Å². The molecule has 0 radical (unpaired) electrons. The van der Waals surface area contributed by atoms with Crippen molar-refractivity contribution in [2.45, 2.75) is 18.9 Å². The smallest absolute Gasteiger partial charge is 0.232 e. The summed E-state index contributed by atoms with van der Waals surface area (Å²) in [6.45, 7) is 0.548. The quantitative estimate of drug-likeness (QED) is 0.670. The first-order valence-electron chi connectivity index (χ1n) is 5.03. The molecule has 1 rings (SSSR count). The van der Waals surface area contributed by atoms with Crippen LogP contribution in [0.2, 0.25) is 0 Å². The maximum absolute atomic E-state index is 11.2. The van der Waals surface area contributed by atoms with Gasteiger partial charge in [0.05, 0.1) is 17.3 Å². The van der Waals surface area contributed by atoms with Crippen LogP contribution in [0.15, 0.2) is 0 Å². The molecule has 0 bridgehead atoms. The summed E-state index contributed by atoms with van der Waals surface area (Å²) in [5.41, 5.74) is 0. The molecule has 0 amide bonds. The van der Waals surface area contributed by atoms with Crippen LogP contribution < -0.4 is 0 Å². The Morgan fingerprint density at radius 3 is 2.50 bits per heavy atom. The lowest BCUT2D eigenvalue weighted by molar-refractivity contribution is 0.263. The Hall–Kier alpha value is 0.150. The second-order valence-corrected chi connectivity index (χ2v) is 9.26. The molecule has 5 nitrogen and oxygen atoms in total. The highest BCUT2D eigenvalue weighted by Crippen LogP contribution is 2.16. The van der Waals surface area contributed by atoms with E-state index in [1.165, 1.54) is 0 Å². The minimum atomic E-state index is -3.44. The SMILES string of the molecule is CN(CCCS(=O)(=O)Cl)C1CCS(=O)(=O)C1. The molecule has 1 fully saturated rings. The molecule has 1 aliphatic rings. The van der Waals surface area contributed by atoms with E-state index in [0.29, 0.717) is 19.4 Å². The minimum Gasteiger partial charge on any atom is -0.302 e. The third-order valence-electron chi connectivity index (χ3n) is 2.73. The molecular formula is C8H16ClNO4S2. The van der Waals surface area contributed by atoms with Crippen molar-refractivity contribution in [2.75, 3.05) is 30.9 Å². The molecule has 1 aliphatic heterocycles. The Bertz CT molecular complexity index is 431. The molecule has 0 aromatic carbocycles. The molecule has 1 unspecified atom stereocenters. The van der Waals surface area contributed by atoms with E-state index in [-0.39, 0.29) is 23.3 Å². The van der Waals surface area contributed by atoms with Crippen molar-refractivity contribution in [3.8, 4) is 0 Å². The van der Waals surface area contributed by atoms with E-state index in [1.54, 1.807) is 0 Å². The standard InChI is InChI=1S/C8H16ClNO4S2/c1-10(4-2-5-16(9,13)14)8-3-6-15(11,12)7-8/h8H,2-7H2,1H3. The van der Waals surface area contributed by atoms with Gasteiger partial charge in [-0.05, 0) is 26.4 Å². The van der Waals surface area contributed by atoms with Gasteiger partial charge < -0.3 is 4.90 Å². The Morgan fingerprint density at radius 1 is 1.44 bits per heavy atom. The van der Waals surface area contributed by atoms with Crippen LogP contribution in [-0.4, -0.2) is 58.6 Å². The van der Waals surface area contributed by atoms with Crippen LogP contribution in [0.5, 0.6) is 0 Å². The van der Waals surface area contributed by atoms with Crippen LogP contribution in [0.4, 0.5) is 0 Å². The second kappa shape index (κ2) is 5.20. The van der Waals surface area contributed by atoms with Gasteiger partial charge in [0.1, 0.15) is 0 Å². The van der Waals surface area contributed by atoms with Gasteiger partial charge in [-0.1, -0.05) is 0 Å². The van der Waals surface area contributed by atoms with Gasteiger partial charge in [0, 0.05) is 16.7 Å². The summed E-state index contributed by atoms with van der Waals surface area (Å²) in [6.07, 6.45) is 1.06.